The molecule has 3 N–H and O–H groups in total. The summed E-state index contributed by atoms with van der Waals surface area (Å²) in [5.74, 6) is -2.58. The molecule has 4 rings (SSSR count). The molecule has 1 saturated heterocycles. The Morgan fingerprint density at radius 3 is 2.66 bits per heavy atom. The van der Waals surface area contributed by atoms with Crippen molar-refractivity contribution in [2.24, 2.45) is 5.92 Å². The topological polar surface area (TPSA) is 163 Å². The highest BCUT2D eigenvalue weighted by Gasteiger charge is 2.36. The normalized spacial score (nSPS) is 20.4. The van der Waals surface area contributed by atoms with Gasteiger partial charge >= 0.3 is 5.97 Å². The molecule has 3 aromatic rings. The Morgan fingerprint density at radius 2 is 1.97 bits per heavy atom. The third-order valence-electron chi connectivity index (χ3n) is 6.82. The lowest BCUT2D eigenvalue weighted by Gasteiger charge is -2.29. The number of pyridine rings is 3. The van der Waals surface area contributed by atoms with Crippen molar-refractivity contribution < 1.29 is 28.2 Å². The van der Waals surface area contributed by atoms with Crippen molar-refractivity contribution in [1.29, 1.82) is 0 Å². The molecule has 201 valence electrons. The minimum atomic E-state index is -3.90. The minimum Gasteiger partial charge on any atom is -0.477 e. The fraction of sp³-hybridized carbons (Fsp3) is 0.385. The Balaban J connectivity index is 1.59. The van der Waals surface area contributed by atoms with Crippen LogP contribution in [0, 0.1) is 12.8 Å². The van der Waals surface area contributed by atoms with Gasteiger partial charge in [0.05, 0.1) is 29.1 Å². The number of aliphatic hydroxyl groups is 1. The van der Waals surface area contributed by atoms with Crippen molar-refractivity contribution in [3.8, 4) is 0 Å². The predicted molar refractivity (Wildman–Crippen MR) is 139 cm³/mol. The summed E-state index contributed by atoms with van der Waals surface area (Å²) in [6.45, 7) is 5.79. The van der Waals surface area contributed by atoms with Gasteiger partial charge in [0.15, 0.2) is 5.03 Å². The second kappa shape index (κ2) is 11.5. The molecule has 3 aromatic heterocycles. The third kappa shape index (κ3) is 5.66. The Hall–Kier alpha value is -3.48. The number of nitrogens with one attached hydrogen (secondary N) is 1. The minimum absolute atomic E-state index is 0.100. The molecule has 0 bridgehead atoms. The summed E-state index contributed by atoms with van der Waals surface area (Å²) in [4.78, 5) is 37.6. The Labute approximate surface area is 221 Å². The molecule has 1 fully saturated rings. The number of carboxylic acid groups (broad SMARTS) is 1. The van der Waals surface area contributed by atoms with E-state index in [1.54, 1.807) is 24.3 Å². The fourth-order valence-electron chi connectivity index (χ4n) is 4.69. The average Bonchev–Trinajstić information content (AvgIpc) is 3.10. The number of β-amino-alcohol motifs (C(OH)–C–C–N with tert-alkyl or cyclic N) is 1. The molecule has 0 spiro atoms. The van der Waals surface area contributed by atoms with Crippen LogP contribution in [0.15, 0.2) is 53.8 Å². The molecule has 1 radical (unpaired) electrons. The van der Waals surface area contributed by atoms with Crippen LogP contribution in [0.5, 0.6) is 0 Å². The number of carbonyl (C=O) groups excluding carboxylic acids is 1. The second-order valence-electron chi connectivity index (χ2n) is 9.37. The number of hydrogen-bond donors (Lipinski definition) is 3. The number of aliphatic hydroxyl groups excluding tert-OH is 1. The standard InChI is InChI=1S/C26H30N5O6S/c1-3-16(2)23(17-11-13-27-19-9-10-20(26(34)35)29-24(17)19)25(33)30-18-7-6-14-31(15-21(18)32)38(36,37)22-8-4-5-12-28-22/h4-5,8-13,16,18,21,23,32H,1,3,6-7,14-15H2,2H3,(H,30,33)(H,34,35). The van der Waals surface area contributed by atoms with Crippen molar-refractivity contribution in [2.45, 2.75) is 49.3 Å². The molecule has 0 saturated carbocycles. The first-order valence-corrected chi connectivity index (χ1v) is 13.7. The summed E-state index contributed by atoms with van der Waals surface area (Å²) in [6, 6.07) is 8.45. The van der Waals surface area contributed by atoms with Gasteiger partial charge < -0.3 is 15.5 Å². The zero-order valence-electron chi connectivity index (χ0n) is 20.9. The number of hydrogen-bond acceptors (Lipinski definition) is 8. The van der Waals surface area contributed by atoms with Crippen LogP contribution in [0.3, 0.4) is 0 Å². The van der Waals surface area contributed by atoms with Gasteiger partial charge in [-0.25, -0.2) is 23.2 Å². The number of rotatable bonds is 8. The van der Waals surface area contributed by atoms with Gasteiger partial charge in [-0.05, 0) is 61.1 Å². The zero-order valence-corrected chi connectivity index (χ0v) is 21.7. The van der Waals surface area contributed by atoms with E-state index in [1.165, 1.54) is 28.8 Å². The van der Waals surface area contributed by atoms with E-state index < -0.39 is 34.1 Å². The van der Waals surface area contributed by atoms with Gasteiger partial charge in [-0.15, -0.1) is 0 Å². The van der Waals surface area contributed by atoms with Crippen LogP contribution < -0.4 is 5.32 Å². The molecule has 1 amide bonds. The van der Waals surface area contributed by atoms with Crippen LogP contribution in [0.25, 0.3) is 11.0 Å². The van der Waals surface area contributed by atoms with E-state index in [4.69, 9.17) is 0 Å². The second-order valence-corrected chi connectivity index (χ2v) is 11.3. The molecule has 1 aliphatic rings. The van der Waals surface area contributed by atoms with Crippen molar-refractivity contribution >= 4 is 32.9 Å². The average molecular weight is 541 g/mol. The first kappa shape index (κ1) is 27.6. The summed E-state index contributed by atoms with van der Waals surface area (Å²) in [5.41, 5.74) is 1.10. The van der Waals surface area contributed by atoms with Crippen LogP contribution in [-0.4, -0.2) is 75.0 Å². The Bertz CT molecular complexity index is 1420. The van der Waals surface area contributed by atoms with Gasteiger partial charge in [0.25, 0.3) is 10.0 Å². The number of nitrogens with zero attached hydrogens (tertiary/aromatic N) is 4. The van der Waals surface area contributed by atoms with E-state index in [-0.39, 0.29) is 35.6 Å². The SMILES string of the molecule is [CH2]CC(C)C(C(=O)NC1CCCN(S(=O)(=O)c2ccccn2)CC1O)c1ccnc2ccc(C(=O)O)nc12. The summed E-state index contributed by atoms with van der Waals surface area (Å²) in [7, 11) is -3.90. The predicted octanol–water partition coefficient (Wildman–Crippen LogP) is 2.00. The number of amides is 1. The monoisotopic (exact) mass is 540 g/mol. The van der Waals surface area contributed by atoms with E-state index in [1.807, 2.05) is 6.92 Å². The Morgan fingerprint density at radius 1 is 1.18 bits per heavy atom. The van der Waals surface area contributed by atoms with E-state index in [2.05, 4.69) is 27.2 Å². The molecular weight excluding hydrogens is 510 g/mol. The first-order valence-electron chi connectivity index (χ1n) is 12.3. The molecule has 4 atom stereocenters. The van der Waals surface area contributed by atoms with Crippen LogP contribution in [0.2, 0.25) is 0 Å². The van der Waals surface area contributed by atoms with E-state index in [0.29, 0.717) is 35.9 Å². The zero-order chi connectivity index (χ0) is 27.4. The molecule has 0 aromatic carbocycles. The maximum Gasteiger partial charge on any atom is 0.354 e. The molecule has 11 nitrogen and oxygen atoms in total. The van der Waals surface area contributed by atoms with E-state index in [0.717, 1.165) is 0 Å². The molecule has 1 aliphatic heterocycles. The molecule has 12 heteroatoms. The molecule has 4 heterocycles. The van der Waals surface area contributed by atoms with Gasteiger partial charge in [0.2, 0.25) is 5.91 Å². The van der Waals surface area contributed by atoms with Crippen LogP contribution in [0.1, 0.15) is 48.2 Å². The molecule has 0 aliphatic carbocycles. The number of fused-ring (bicyclic) bond motifs is 1. The van der Waals surface area contributed by atoms with Crippen LogP contribution in [0.4, 0.5) is 0 Å². The summed E-state index contributed by atoms with van der Waals surface area (Å²) in [5, 5.41) is 23.2. The highest BCUT2D eigenvalue weighted by molar-refractivity contribution is 7.89. The van der Waals surface area contributed by atoms with Gasteiger partial charge in [-0.1, -0.05) is 19.9 Å². The third-order valence-corrected chi connectivity index (χ3v) is 8.61. The lowest BCUT2D eigenvalue weighted by atomic mass is 9.84. The lowest BCUT2D eigenvalue weighted by Crippen LogP contribution is -2.49. The quantitative estimate of drug-likeness (QED) is 0.388. The largest absolute Gasteiger partial charge is 0.477 e. The summed E-state index contributed by atoms with van der Waals surface area (Å²) >= 11 is 0. The van der Waals surface area contributed by atoms with Gasteiger partial charge in [0.1, 0.15) is 5.69 Å². The van der Waals surface area contributed by atoms with Crippen molar-refractivity contribution in [1.82, 2.24) is 24.6 Å². The highest BCUT2D eigenvalue weighted by Crippen LogP contribution is 2.32. The van der Waals surface area contributed by atoms with Crippen LogP contribution >= 0.6 is 0 Å². The Kier molecular flexibility index (Phi) is 8.34. The number of carbonyl (C=O) groups is 2. The van der Waals surface area contributed by atoms with Gasteiger partial charge in [-0.2, -0.15) is 4.31 Å². The fourth-order valence-corrected chi connectivity index (χ4v) is 6.11. The number of sulfonamides is 1. The number of aromatic nitrogens is 3. The highest BCUT2D eigenvalue weighted by atomic mass is 32.2. The van der Waals surface area contributed by atoms with Gasteiger partial charge in [0, 0.05) is 25.5 Å². The summed E-state index contributed by atoms with van der Waals surface area (Å²) < 4.78 is 27.3. The summed E-state index contributed by atoms with van der Waals surface area (Å²) in [6.07, 6.45) is 2.98. The number of carboxylic acids is 1. The van der Waals surface area contributed by atoms with E-state index >= 15 is 0 Å². The van der Waals surface area contributed by atoms with Crippen molar-refractivity contribution in [3.63, 3.8) is 0 Å². The maximum atomic E-state index is 13.7. The van der Waals surface area contributed by atoms with Gasteiger partial charge in [-0.3, -0.25) is 9.78 Å². The van der Waals surface area contributed by atoms with Crippen LogP contribution in [-0.2, 0) is 14.8 Å². The molecule has 38 heavy (non-hydrogen) atoms. The smallest absolute Gasteiger partial charge is 0.354 e. The van der Waals surface area contributed by atoms with Crippen molar-refractivity contribution in [2.75, 3.05) is 13.1 Å². The first-order chi connectivity index (χ1) is 18.1. The van der Waals surface area contributed by atoms with Crippen molar-refractivity contribution in [3.05, 3.63) is 67.0 Å². The maximum absolute atomic E-state index is 13.7. The lowest BCUT2D eigenvalue weighted by molar-refractivity contribution is -0.125. The molecular formula is C26H30N5O6S. The van der Waals surface area contributed by atoms with E-state index in [9.17, 15) is 28.2 Å². The molecule has 4 unspecified atom stereocenters. The number of aromatic carboxylic acids is 1.